The van der Waals surface area contributed by atoms with Gasteiger partial charge < -0.3 is 4.74 Å². The zero-order valence-electron chi connectivity index (χ0n) is 12.8. The lowest BCUT2D eigenvalue weighted by Gasteiger charge is -2.27. The van der Waals surface area contributed by atoms with Gasteiger partial charge in [0.05, 0.1) is 5.69 Å². The fourth-order valence-electron chi connectivity index (χ4n) is 2.38. The highest BCUT2D eigenvalue weighted by atomic mass is 35.5. The van der Waals surface area contributed by atoms with Crippen LogP contribution in [0.4, 0.5) is 5.69 Å². The Balaban J connectivity index is 3.41. The number of hydrogen-bond acceptors (Lipinski definition) is 2. The molecule has 0 radical (unpaired) electrons. The summed E-state index contributed by atoms with van der Waals surface area (Å²) in [5, 5.41) is 0. The van der Waals surface area contributed by atoms with Crippen molar-refractivity contribution in [1.82, 2.24) is 0 Å². The molecule has 3 nitrogen and oxygen atoms in total. The summed E-state index contributed by atoms with van der Waals surface area (Å²) in [6.07, 6.45) is 2.76. The normalized spacial score (nSPS) is 10.7. The molecule has 0 spiro atoms. The zero-order chi connectivity index (χ0) is 15.1. The molecular weight excluding hydrogens is 274 g/mol. The number of anilines is 1. The highest BCUT2D eigenvalue weighted by molar-refractivity contribution is 6.29. The molecule has 0 aliphatic rings. The summed E-state index contributed by atoms with van der Waals surface area (Å²) >= 11 is 5.74. The van der Waals surface area contributed by atoms with Crippen molar-refractivity contribution in [2.45, 2.75) is 40.0 Å². The molecule has 1 rings (SSSR count). The standard InChI is InChI=1S/C16H24ClNO2/c1-5-12-8-13(6-2)16(14(7-3)9-12)18(11-20-4)15(19)10-17/h8-9H,5-7,10-11H2,1-4H3. The number of nitrogens with zero attached hydrogens (tertiary/aromatic N) is 1. The summed E-state index contributed by atoms with van der Waals surface area (Å²) in [5.74, 6) is -0.160. The second-order valence-corrected chi connectivity index (χ2v) is 4.96. The monoisotopic (exact) mass is 297 g/mol. The van der Waals surface area contributed by atoms with E-state index in [0.29, 0.717) is 0 Å². The lowest BCUT2D eigenvalue weighted by atomic mass is 9.97. The van der Waals surface area contributed by atoms with E-state index >= 15 is 0 Å². The number of amides is 1. The lowest BCUT2D eigenvalue weighted by molar-refractivity contribution is -0.117. The third-order valence-electron chi connectivity index (χ3n) is 3.44. The van der Waals surface area contributed by atoms with Crippen molar-refractivity contribution in [1.29, 1.82) is 0 Å². The van der Waals surface area contributed by atoms with Gasteiger partial charge >= 0.3 is 0 Å². The van der Waals surface area contributed by atoms with Gasteiger partial charge in [0.2, 0.25) is 5.91 Å². The molecule has 1 aromatic rings. The summed E-state index contributed by atoms with van der Waals surface area (Å²) in [6, 6.07) is 4.36. The molecule has 0 heterocycles. The van der Waals surface area contributed by atoms with E-state index in [2.05, 4.69) is 32.9 Å². The molecule has 20 heavy (non-hydrogen) atoms. The largest absolute Gasteiger partial charge is 0.364 e. The molecule has 0 aliphatic carbocycles. The van der Waals surface area contributed by atoms with Crippen molar-refractivity contribution in [3.05, 3.63) is 28.8 Å². The maximum absolute atomic E-state index is 12.1. The molecule has 0 bridgehead atoms. The summed E-state index contributed by atoms with van der Waals surface area (Å²) in [4.78, 5) is 13.8. The number of rotatable bonds is 7. The van der Waals surface area contributed by atoms with Crippen molar-refractivity contribution < 1.29 is 9.53 Å². The number of halogens is 1. The third kappa shape index (κ3) is 3.74. The molecule has 1 aromatic carbocycles. The van der Waals surface area contributed by atoms with Crippen LogP contribution in [0.25, 0.3) is 0 Å². The molecule has 0 N–H and O–H groups in total. The van der Waals surface area contributed by atoms with E-state index in [4.69, 9.17) is 16.3 Å². The van der Waals surface area contributed by atoms with Crippen LogP contribution in [0.1, 0.15) is 37.5 Å². The van der Waals surface area contributed by atoms with Crippen LogP contribution in [0.5, 0.6) is 0 Å². The van der Waals surface area contributed by atoms with Crippen molar-refractivity contribution in [2.24, 2.45) is 0 Å². The highest BCUT2D eigenvalue weighted by Gasteiger charge is 2.20. The number of benzene rings is 1. The van der Waals surface area contributed by atoms with Crippen LogP contribution in [-0.4, -0.2) is 25.6 Å². The number of hydrogen-bond donors (Lipinski definition) is 0. The number of ether oxygens (including phenoxy) is 1. The average Bonchev–Trinajstić information content (AvgIpc) is 2.50. The van der Waals surface area contributed by atoms with Crippen LogP contribution < -0.4 is 4.90 Å². The molecular formula is C16H24ClNO2. The first kappa shape index (κ1) is 17.0. The molecule has 0 aromatic heterocycles. The van der Waals surface area contributed by atoms with Gasteiger partial charge in [0.25, 0.3) is 0 Å². The smallest absolute Gasteiger partial charge is 0.243 e. The Labute approximate surface area is 126 Å². The van der Waals surface area contributed by atoms with Crippen LogP contribution in [0.3, 0.4) is 0 Å². The van der Waals surface area contributed by atoms with Crippen LogP contribution in [0.15, 0.2) is 12.1 Å². The minimum absolute atomic E-state index is 0.0365. The Hall–Kier alpha value is -1.06. The zero-order valence-corrected chi connectivity index (χ0v) is 13.6. The molecule has 0 atom stereocenters. The Bertz CT molecular complexity index is 435. The average molecular weight is 298 g/mol. The molecule has 0 saturated carbocycles. The van der Waals surface area contributed by atoms with E-state index in [9.17, 15) is 4.79 Å². The molecule has 0 saturated heterocycles. The van der Waals surface area contributed by atoms with Crippen molar-refractivity contribution in [3.63, 3.8) is 0 Å². The van der Waals surface area contributed by atoms with E-state index in [0.717, 1.165) is 24.9 Å². The SMILES string of the molecule is CCc1cc(CC)c(N(COC)C(=O)CCl)c(CC)c1. The quantitative estimate of drug-likeness (QED) is 0.569. The molecule has 1 amide bonds. The number of carbonyl (C=O) groups is 1. The van der Waals surface area contributed by atoms with Crippen LogP contribution >= 0.6 is 11.6 Å². The first-order chi connectivity index (χ1) is 9.62. The number of methoxy groups -OCH3 is 1. The van der Waals surface area contributed by atoms with Crippen molar-refractivity contribution in [2.75, 3.05) is 24.6 Å². The Kier molecular flexibility index (Phi) is 7.03. The van der Waals surface area contributed by atoms with Gasteiger partial charge in [0.1, 0.15) is 12.6 Å². The summed E-state index contributed by atoms with van der Waals surface area (Å²) in [6.45, 7) is 6.59. The minimum Gasteiger partial charge on any atom is -0.364 e. The summed E-state index contributed by atoms with van der Waals surface area (Å²) in [7, 11) is 1.59. The predicted octanol–water partition coefficient (Wildman–Crippen LogP) is 3.55. The van der Waals surface area contributed by atoms with Crippen LogP contribution in [0.2, 0.25) is 0 Å². The van der Waals surface area contributed by atoms with Gasteiger partial charge in [0, 0.05) is 7.11 Å². The third-order valence-corrected chi connectivity index (χ3v) is 3.67. The van der Waals surface area contributed by atoms with Gasteiger partial charge in [-0.3, -0.25) is 9.69 Å². The molecule has 4 heteroatoms. The van der Waals surface area contributed by atoms with E-state index in [1.165, 1.54) is 16.7 Å². The van der Waals surface area contributed by atoms with Crippen LogP contribution in [-0.2, 0) is 28.8 Å². The van der Waals surface area contributed by atoms with Gasteiger partial charge in [-0.1, -0.05) is 32.9 Å². The fourth-order valence-corrected chi connectivity index (χ4v) is 2.53. The van der Waals surface area contributed by atoms with Gasteiger partial charge in [-0.15, -0.1) is 11.6 Å². The minimum atomic E-state index is -0.123. The van der Waals surface area contributed by atoms with E-state index in [-0.39, 0.29) is 18.5 Å². The first-order valence-corrected chi connectivity index (χ1v) is 7.66. The summed E-state index contributed by atoms with van der Waals surface area (Å²) in [5.41, 5.74) is 4.63. The summed E-state index contributed by atoms with van der Waals surface area (Å²) < 4.78 is 5.18. The van der Waals surface area contributed by atoms with E-state index in [1.54, 1.807) is 12.0 Å². The second-order valence-electron chi connectivity index (χ2n) is 4.70. The van der Waals surface area contributed by atoms with Gasteiger partial charge in [-0.05, 0) is 36.0 Å². The Morgan fingerprint density at radius 3 is 2.05 bits per heavy atom. The maximum Gasteiger partial charge on any atom is 0.243 e. The topological polar surface area (TPSA) is 29.5 Å². The Morgan fingerprint density at radius 1 is 1.15 bits per heavy atom. The lowest BCUT2D eigenvalue weighted by Crippen LogP contribution is -2.35. The number of alkyl halides is 1. The van der Waals surface area contributed by atoms with Crippen molar-refractivity contribution >= 4 is 23.2 Å². The molecule has 0 unspecified atom stereocenters. The second kappa shape index (κ2) is 8.28. The van der Waals surface area contributed by atoms with Gasteiger partial charge in [-0.2, -0.15) is 0 Å². The fraction of sp³-hybridized carbons (Fsp3) is 0.562. The maximum atomic E-state index is 12.1. The van der Waals surface area contributed by atoms with Gasteiger partial charge in [0.15, 0.2) is 0 Å². The number of aryl methyl sites for hydroxylation is 3. The van der Waals surface area contributed by atoms with Crippen molar-refractivity contribution in [3.8, 4) is 0 Å². The van der Waals surface area contributed by atoms with Gasteiger partial charge in [-0.25, -0.2) is 0 Å². The predicted molar refractivity (Wildman–Crippen MR) is 84.7 cm³/mol. The van der Waals surface area contributed by atoms with E-state index < -0.39 is 0 Å². The Morgan fingerprint density at radius 2 is 1.70 bits per heavy atom. The molecule has 0 aliphatic heterocycles. The number of carbonyl (C=O) groups excluding carboxylic acids is 1. The highest BCUT2D eigenvalue weighted by Crippen LogP contribution is 2.29. The van der Waals surface area contributed by atoms with Crippen LogP contribution in [0, 0.1) is 0 Å². The molecule has 112 valence electrons. The van der Waals surface area contributed by atoms with E-state index in [1.807, 2.05) is 0 Å². The first-order valence-electron chi connectivity index (χ1n) is 7.12. The molecule has 0 fully saturated rings.